The summed E-state index contributed by atoms with van der Waals surface area (Å²) in [6.07, 6.45) is 1.47. The predicted octanol–water partition coefficient (Wildman–Crippen LogP) is 2.49. The van der Waals surface area contributed by atoms with Crippen molar-refractivity contribution in [1.29, 1.82) is 0 Å². The molecule has 8 nitrogen and oxygen atoms in total. The third kappa shape index (κ3) is 3.06. The first-order chi connectivity index (χ1) is 10.0. The van der Waals surface area contributed by atoms with E-state index in [0.29, 0.717) is 5.75 Å². The number of hydrogen-bond acceptors (Lipinski definition) is 6. The number of pyridine rings is 1. The number of carboxylic acids is 1. The molecule has 1 N–H and O–H groups in total. The van der Waals surface area contributed by atoms with Gasteiger partial charge in [-0.3, -0.25) is 10.1 Å². The van der Waals surface area contributed by atoms with Crippen molar-refractivity contribution in [2.24, 2.45) is 0 Å². The highest BCUT2D eigenvalue weighted by atomic mass is 16.6. The summed E-state index contributed by atoms with van der Waals surface area (Å²) in [4.78, 5) is 25.0. The smallest absolute Gasteiger partial charge is 0.342 e. The Balaban J connectivity index is 2.39. The highest BCUT2D eigenvalue weighted by molar-refractivity contribution is 5.92. The number of carbonyl (C=O) groups is 1. The molecule has 21 heavy (non-hydrogen) atoms. The molecule has 2 rings (SSSR count). The Morgan fingerprint density at radius 1 is 1.38 bits per heavy atom. The van der Waals surface area contributed by atoms with Gasteiger partial charge in [0.2, 0.25) is 0 Å². The number of rotatable bonds is 5. The van der Waals surface area contributed by atoms with E-state index in [1.165, 1.54) is 19.4 Å². The van der Waals surface area contributed by atoms with Crippen LogP contribution in [-0.2, 0) is 0 Å². The van der Waals surface area contributed by atoms with Gasteiger partial charge in [-0.1, -0.05) is 0 Å². The molecule has 1 heterocycles. The fourth-order valence-corrected chi connectivity index (χ4v) is 1.63. The number of nitrogens with zero attached hydrogens (tertiary/aromatic N) is 2. The van der Waals surface area contributed by atoms with Gasteiger partial charge in [-0.15, -0.1) is 0 Å². The first-order valence-corrected chi connectivity index (χ1v) is 5.71. The summed E-state index contributed by atoms with van der Waals surface area (Å²) in [6.45, 7) is 0. The Hall–Kier alpha value is -3.16. The molecule has 0 unspecified atom stereocenters. The number of carboxylic acid groups (broad SMARTS) is 1. The standard InChI is InChI=1S/C13H10N2O6/c1-20-11-3-2-6-14-12(11)21-8-4-5-10(15(18)19)9(7-8)13(16)17/h2-7H,1H3,(H,16,17). The summed E-state index contributed by atoms with van der Waals surface area (Å²) in [5.41, 5.74) is -0.977. The van der Waals surface area contributed by atoms with Crippen LogP contribution in [0.4, 0.5) is 5.69 Å². The third-order valence-corrected chi connectivity index (χ3v) is 2.57. The van der Waals surface area contributed by atoms with Crippen LogP contribution < -0.4 is 9.47 Å². The number of aromatic carboxylic acids is 1. The number of nitro benzene ring substituents is 1. The number of benzene rings is 1. The maximum Gasteiger partial charge on any atom is 0.342 e. The molecule has 0 aliphatic carbocycles. The van der Waals surface area contributed by atoms with Gasteiger partial charge in [-0.05, 0) is 18.2 Å². The highest BCUT2D eigenvalue weighted by Gasteiger charge is 2.21. The first-order valence-electron chi connectivity index (χ1n) is 5.71. The van der Waals surface area contributed by atoms with Crippen LogP contribution >= 0.6 is 0 Å². The first kappa shape index (κ1) is 14.3. The molecule has 0 bridgehead atoms. The molecule has 2 aromatic rings. The van der Waals surface area contributed by atoms with Crippen LogP contribution in [-0.4, -0.2) is 28.1 Å². The molecule has 0 saturated carbocycles. The minimum absolute atomic E-state index is 0.106. The molecule has 0 amide bonds. The van der Waals surface area contributed by atoms with E-state index in [9.17, 15) is 14.9 Å². The van der Waals surface area contributed by atoms with E-state index in [1.54, 1.807) is 12.1 Å². The Morgan fingerprint density at radius 2 is 2.14 bits per heavy atom. The lowest BCUT2D eigenvalue weighted by Crippen LogP contribution is -2.03. The molecule has 8 heteroatoms. The molecule has 0 aliphatic rings. The Bertz CT molecular complexity index is 701. The van der Waals surface area contributed by atoms with Gasteiger partial charge in [0, 0.05) is 18.3 Å². The van der Waals surface area contributed by atoms with E-state index in [0.717, 1.165) is 12.1 Å². The minimum Gasteiger partial charge on any atom is -0.491 e. The average Bonchev–Trinajstić information content (AvgIpc) is 2.47. The number of nitro groups is 1. The molecule has 0 fully saturated rings. The van der Waals surface area contributed by atoms with Gasteiger partial charge in [0.15, 0.2) is 5.75 Å². The van der Waals surface area contributed by atoms with Crippen molar-refractivity contribution < 1.29 is 24.3 Å². The topological polar surface area (TPSA) is 112 Å². The van der Waals surface area contributed by atoms with Crippen LogP contribution in [0.15, 0.2) is 36.5 Å². The number of ether oxygens (including phenoxy) is 2. The van der Waals surface area contributed by atoms with Crippen LogP contribution in [0, 0.1) is 10.1 Å². The summed E-state index contributed by atoms with van der Waals surface area (Å²) in [5, 5.41) is 19.8. The van der Waals surface area contributed by atoms with Gasteiger partial charge in [-0.25, -0.2) is 9.78 Å². The molecule has 0 radical (unpaired) electrons. The monoisotopic (exact) mass is 290 g/mol. The van der Waals surface area contributed by atoms with E-state index in [4.69, 9.17) is 14.6 Å². The summed E-state index contributed by atoms with van der Waals surface area (Å²) in [7, 11) is 1.43. The lowest BCUT2D eigenvalue weighted by atomic mass is 10.1. The van der Waals surface area contributed by atoms with Crippen molar-refractivity contribution in [2.45, 2.75) is 0 Å². The van der Waals surface area contributed by atoms with Crippen LogP contribution in [0.2, 0.25) is 0 Å². The summed E-state index contributed by atoms with van der Waals surface area (Å²) >= 11 is 0. The summed E-state index contributed by atoms with van der Waals surface area (Å²) in [6, 6.07) is 6.68. The lowest BCUT2D eigenvalue weighted by molar-refractivity contribution is -0.385. The largest absolute Gasteiger partial charge is 0.491 e. The van der Waals surface area contributed by atoms with Crippen molar-refractivity contribution in [2.75, 3.05) is 7.11 Å². The molecular formula is C13H10N2O6. The summed E-state index contributed by atoms with van der Waals surface area (Å²) in [5.74, 6) is -0.826. The quantitative estimate of drug-likeness (QED) is 0.664. The Labute approximate surface area is 118 Å². The molecule has 108 valence electrons. The number of hydrogen-bond donors (Lipinski definition) is 1. The second-order valence-corrected chi connectivity index (χ2v) is 3.85. The zero-order valence-electron chi connectivity index (χ0n) is 10.8. The fraction of sp³-hybridized carbons (Fsp3) is 0.0769. The molecule has 0 saturated heterocycles. The van der Waals surface area contributed by atoms with Crippen molar-refractivity contribution >= 4 is 11.7 Å². The highest BCUT2D eigenvalue weighted by Crippen LogP contribution is 2.31. The van der Waals surface area contributed by atoms with Gasteiger partial charge in [0.05, 0.1) is 12.0 Å². The van der Waals surface area contributed by atoms with Crippen LogP contribution in [0.1, 0.15) is 10.4 Å². The average molecular weight is 290 g/mol. The zero-order chi connectivity index (χ0) is 15.4. The lowest BCUT2D eigenvalue weighted by Gasteiger charge is -2.09. The zero-order valence-corrected chi connectivity index (χ0v) is 10.8. The van der Waals surface area contributed by atoms with Gasteiger partial charge in [0.1, 0.15) is 11.3 Å². The van der Waals surface area contributed by atoms with Gasteiger partial charge >= 0.3 is 5.97 Å². The minimum atomic E-state index is -1.42. The molecule has 0 aliphatic heterocycles. The van der Waals surface area contributed by atoms with Crippen molar-refractivity contribution in [3.05, 3.63) is 52.2 Å². The number of aromatic nitrogens is 1. The second-order valence-electron chi connectivity index (χ2n) is 3.85. The maximum atomic E-state index is 11.1. The third-order valence-electron chi connectivity index (χ3n) is 2.57. The van der Waals surface area contributed by atoms with Crippen molar-refractivity contribution in [3.63, 3.8) is 0 Å². The molecular weight excluding hydrogens is 280 g/mol. The van der Waals surface area contributed by atoms with Gasteiger partial charge in [-0.2, -0.15) is 0 Å². The fourth-order valence-electron chi connectivity index (χ4n) is 1.63. The van der Waals surface area contributed by atoms with E-state index in [-0.39, 0.29) is 11.6 Å². The van der Waals surface area contributed by atoms with E-state index in [2.05, 4.69) is 4.98 Å². The molecule has 1 aromatic heterocycles. The second kappa shape index (κ2) is 5.87. The molecule has 1 aromatic carbocycles. The van der Waals surface area contributed by atoms with E-state index >= 15 is 0 Å². The SMILES string of the molecule is COc1cccnc1Oc1ccc([N+](=O)[O-])c(C(=O)O)c1. The molecule has 0 spiro atoms. The maximum absolute atomic E-state index is 11.1. The van der Waals surface area contributed by atoms with Crippen molar-refractivity contribution in [1.82, 2.24) is 4.98 Å². The van der Waals surface area contributed by atoms with Gasteiger partial charge in [0.25, 0.3) is 11.6 Å². The normalized spacial score (nSPS) is 9.95. The van der Waals surface area contributed by atoms with Crippen LogP contribution in [0.5, 0.6) is 17.4 Å². The summed E-state index contributed by atoms with van der Waals surface area (Å²) < 4.78 is 10.4. The van der Waals surface area contributed by atoms with E-state index < -0.39 is 22.1 Å². The van der Waals surface area contributed by atoms with Crippen LogP contribution in [0.3, 0.4) is 0 Å². The number of methoxy groups -OCH3 is 1. The Kier molecular flexibility index (Phi) is 3.98. The molecule has 0 atom stereocenters. The van der Waals surface area contributed by atoms with Crippen LogP contribution in [0.25, 0.3) is 0 Å². The predicted molar refractivity (Wildman–Crippen MR) is 70.9 cm³/mol. The van der Waals surface area contributed by atoms with E-state index in [1.807, 2.05) is 0 Å². The Morgan fingerprint density at radius 3 is 2.76 bits per heavy atom. The van der Waals surface area contributed by atoms with Crippen molar-refractivity contribution in [3.8, 4) is 17.4 Å². The van der Waals surface area contributed by atoms with Gasteiger partial charge < -0.3 is 14.6 Å².